The van der Waals surface area contributed by atoms with Crippen molar-refractivity contribution in [2.45, 2.75) is 71.8 Å². The zero-order valence-corrected chi connectivity index (χ0v) is 15.8. The highest BCUT2D eigenvalue weighted by molar-refractivity contribution is 7.54. The Kier molecular flexibility index (Phi) is 13.4. The van der Waals surface area contributed by atoms with Gasteiger partial charge in [0.15, 0.2) is 0 Å². The zero-order valence-electron chi connectivity index (χ0n) is 14.9. The van der Waals surface area contributed by atoms with Gasteiger partial charge in [-0.25, -0.2) is 0 Å². The second kappa shape index (κ2) is 13.8. The average molecular weight is 348 g/mol. The average Bonchev–Trinajstić information content (AvgIpc) is 2.46. The van der Waals surface area contributed by atoms with Gasteiger partial charge in [0.2, 0.25) is 0 Å². The lowest BCUT2D eigenvalue weighted by Gasteiger charge is -2.18. The minimum absolute atomic E-state index is 0.174. The van der Waals surface area contributed by atoms with Crippen LogP contribution in [-0.4, -0.2) is 31.4 Å². The first kappa shape index (κ1) is 22.4. The van der Waals surface area contributed by atoms with Crippen molar-refractivity contribution in [1.82, 2.24) is 0 Å². The molecule has 0 spiro atoms. The van der Waals surface area contributed by atoms with E-state index in [1.165, 1.54) is 19.3 Å². The highest BCUT2D eigenvalue weighted by Gasteiger charge is 2.29. The van der Waals surface area contributed by atoms with Gasteiger partial charge >= 0.3 is 13.6 Å². The van der Waals surface area contributed by atoms with Crippen molar-refractivity contribution in [3.05, 3.63) is 12.7 Å². The summed E-state index contributed by atoms with van der Waals surface area (Å²) in [6.07, 6.45) is 9.11. The molecule has 0 rings (SSSR count). The van der Waals surface area contributed by atoms with Crippen LogP contribution >= 0.6 is 7.60 Å². The Labute approximate surface area is 141 Å². The molecular formula is C17H33O5P. The van der Waals surface area contributed by atoms with Crippen LogP contribution in [0.3, 0.4) is 0 Å². The van der Waals surface area contributed by atoms with E-state index in [9.17, 15) is 9.36 Å². The van der Waals surface area contributed by atoms with E-state index in [-0.39, 0.29) is 25.5 Å². The molecule has 1 atom stereocenters. The summed E-state index contributed by atoms with van der Waals surface area (Å²) in [5.74, 6) is -0.520. The number of hydrogen-bond acceptors (Lipinski definition) is 5. The van der Waals surface area contributed by atoms with Gasteiger partial charge in [-0.2, -0.15) is 0 Å². The molecular weight excluding hydrogens is 315 g/mol. The van der Waals surface area contributed by atoms with Gasteiger partial charge in [-0.1, -0.05) is 25.3 Å². The molecule has 0 unspecified atom stereocenters. The highest BCUT2D eigenvalue weighted by Crippen LogP contribution is 2.47. The standard InChI is InChI=1S/C17H33O5P/c1-5-8-9-10-11-12-13-14-16(4)22-17(18)15-23(19,20-6-2)21-7-3/h5,16H,1,6-15H2,2-4H3/t16-/m0/s1. The van der Waals surface area contributed by atoms with E-state index in [1.54, 1.807) is 13.8 Å². The van der Waals surface area contributed by atoms with Gasteiger partial charge in [0.25, 0.3) is 0 Å². The van der Waals surface area contributed by atoms with Crippen LogP contribution in [0.15, 0.2) is 12.7 Å². The van der Waals surface area contributed by atoms with E-state index in [0.29, 0.717) is 0 Å². The molecule has 6 heteroatoms. The minimum Gasteiger partial charge on any atom is -0.462 e. The van der Waals surface area contributed by atoms with Crippen LogP contribution in [0.5, 0.6) is 0 Å². The van der Waals surface area contributed by atoms with Gasteiger partial charge in [-0.05, 0) is 46.5 Å². The van der Waals surface area contributed by atoms with Crippen LogP contribution in [0.4, 0.5) is 0 Å². The summed E-state index contributed by atoms with van der Waals surface area (Å²) < 4.78 is 27.7. The molecule has 0 fully saturated rings. The Hall–Kier alpha value is -0.640. The molecule has 0 aromatic carbocycles. The number of allylic oxidation sites excluding steroid dienone is 1. The fraction of sp³-hybridized carbons (Fsp3) is 0.824. The monoisotopic (exact) mass is 348 g/mol. The SMILES string of the molecule is C=CCCCCCCC[C@H](C)OC(=O)CP(=O)(OCC)OCC. The third-order valence-electron chi connectivity index (χ3n) is 3.33. The van der Waals surface area contributed by atoms with Crippen LogP contribution in [0.25, 0.3) is 0 Å². The summed E-state index contributed by atoms with van der Waals surface area (Å²) in [5, 5.41) is 0. The molecule has 0 heterocycles. The number of hydrogen-bond donors (Lipinski definition) is 0. The Morgan fingerprint density at radius 3 is 2.22 bits per heavy atom. The predicted octanol–water partition coefficient (Wildman–Crippen LogP) is 5.10. The third kappa shape index (κ3) is 12.4. The Balaban J connectivity index is 3.91. The first-order chi connectivity index (χ1) is 11.0. The van der Waals surface area contributed by atoms with Crippen molar-refractivity contribution >= 4 is 13.6 Å². The summed E-state index contributed by atoms with van der Waals surface area (Å²) in [5.41, 5.74) is 0. The van der Waals surface area contributed by atoms with Crippen molar-refractivity contribution in [3.63, 3.8) is 0 Å². The molecule has 0 saturated carbocycles. The molecule has 0 radical (unpaired) electrons. The number of unbranched alkanes of at least 4 members (excludes halogenated alkanes) is 5. The molecule has 23 heavy (non-hydrogen) atoms. The van der Waals surface area contributed by atoms with Gasteiger partial charge in [0.05, 0.1) is 19.3 Å². The number of ether oxygens (including phenoxy) is 1. The normalized spacial score (nSPS) is 12.8. The van der Waals surface area contributed by atoms with Crippen molar-refractivity contribution in [2.24, 2.45) is 0 Å². The maximum Gasteiger partial charge on any atom is 0.341 e. The molecule has 0 aromatic rings. The molecule has 5 nitrogen and oxygen atoms in total. The van der Waals surface area contributed by atoms with Crippen LogP contribution in [0, 0.1) is 0 Å². The lowest BCUT2D eigenvalue weighted by molar-refractivity contribution is -0.145. The first-order valence-corrected chi connectivity index (χ1v) is 10.4. The zero-order chi connectivity index (χ0) is 17.6. The lowest BCUT2D eigenvalue weighted by Crippen LogP contribution is -2.19. The van der Waals surface area contributed by atoms with E-state index in [1.807, 2.05) is 13.0 Å². The van der Waals surface area contributed by atoms with Gasteiger partial charge < -0.3 is 13.8 Å². The summed E-state index contributed by atoms with van der Waals surface area (Å²) in [6, 6.07) is 0. The van der Waals surface area contributed by atoms with Gasteiger partial charge in [-0.15, -0.1) is 6.58 Å². The molecule has 0 aliphatic heterocycles. The van der Waals surface area contributed by atoms with Gasteiger partial charge in [-0.3, -0.25) is 9.36 Å². The maximum absolute atomic E-state index is 12.2. The fourth-order valence-electron chi connectivity index (χ4n) is 2.25. The third-order valence-corrected chi connectivity index (χ3v) is 5.27. The lowest BCUT2D eigenvalue weighted by atomic mass is 10.1. The van der Waals surface area contributed by atoms with Crippen molar-refractivity contribution in [2.75, 3.05) is 19.4 Å². The second-order valence-corrected chi connectivity index (χ2v) is 7.59. The molecule has 0 aromatic heterocycles. The molecule has 0 aliphatic carbocycles. The van der Waals surface area contributed by atoms with E-state index in [4.69, 9.17) is 13.8 Å². The molecule has 0 aliphatic rings. The predicted molar refractivity (Wildman–Crippen MR) is 93.8 cm³/mol. The Bertz CT molecular complexity index is 360. The number of esters is 1. The van der Waals surface area contributed by atoms with Crippen molar-refractivity contribution in [1.29, 1.82) is 0 Å². The summed E-state index contributed by atoms with van der Waals surface area (Å²) in [7, 11) is -3.36. The van der Waals surface area contributed by atoms with E-state index >= 15 is 0 Å². The minimum atomic E-state index is -3.36. The van der Waals surface area contributed by atoms with Crippen LogP contribution in [0.2, 0.25) is 0 Å². The largest absolute Gasteiger partial charge is 0.462 e. The molecule has 0 saturated heterocycles. The number of rotatable bonds is 15. The maximum atomic E-state index is 12.2. The van der Waals surface area contributed by atoms with E-state index in [2.05, 4.69) is 6.58 Å². The van der Waals surface area contributed by atoms with Crippen LogP contribution in [0.1, 0.15) is 65.7 Å². The van der Waals surface area contributed by atoms with E-state index in [0.717, 1.165) is 25.7 Å². The van der Waals surface area contributed by atoms with Crippen molar-refractivity contribution in [3.8, 4) is 0 Å². The highest BCUT2D eigenvalue weighted by atomic mass is 31.2. The second-order valence-electron chi connectivity index (χ2n) is 5.54. The topological polar surface area (TPSA) is 61.8 Å². The first-order valence-electron chi connectivity index (χ1n) is 8.66. The fourth-order valence-corrected chi connectivity index (χ4v) is 3.69. The molecule has 136 valence electrons. The Morgan fingerprint density at radius 1 is 1.09 bits per heavy atom. The molecule has 0 amide bonds. The van der Waals surface area contributed by atoms with Crippen LogP contribution < -0.4 is 0 Å². The smallest absolute Gasteiger partial charge is 0.341 e. The summed E-state index contributed by atoms with van der Waals surface area (Å²) >= 11 is 0. The number of carbonyl (C=O) groups is 1. The van der Waals surface area contributed by atoms with Crippen molar-refractivity contribution < 1.29 is 23.1 Å². The quantitative estimate of drug-likeness (QED) is 0.178. The van der Waals surface area contributed by atoms with Gasteiger partial charge in [0, 0.05) is 0 Å². The molecule has 0 bridgehead atoms. The Morgan fingerprint density at radius 2 is 1.65 bits per heavy atom. The van der Waals surface area contributed by atoms with Gasteiger partial charge in [0.1, 0.15) is 6.16 Å². The summed E-state index contributed by atoms with van der Waals surface area (Å²) in [4.78, 5) is 11.9. The molecule has 0 N–H and O–H groups in total. The van der Waals surface area contributed by atoms with Crippen LogP contribution in [-0.2, 0) is 23.1 Å². The van der Waals surface area contributed by atoms with E-state index < -0.39 is 13.6 Å². The number of carbonyl (C=O) groups excluding carboxylic acids is 1. The summed E-state index contributed by atoms with van der Waals surface area (Å²) in [6.45, 7) is 9.49.